The van der Waals surface area contributed by atoms with E-state index in [2.05, 4.69) is 21.1 Å². The highest BCUT2D eigenvalue weighted by Crippen LogP contribution is 1.99. The molecule has 0 aromatic carbocycles. The molecule has 0 aromatic rings. The molecule has 0 aliphatic carbocycles. The zero-order valence-electron chi connectivity index (χ0n) is 7.56. The molecule has 5 nitrogen and oxygen atoms in total. The van der Waals surface area contributed by atoms with Crippen LogP contribution in [-0.4, -0.2) is 24.2 Å². The molecule has 0 bridgehead atoms. The Balaban J connectivity index is 3.48. The second-order valence-corrected chi connectivity index (χ2v) is 2.26. The molecule has 0 rings (SSSR count). The zero-order valence-corrected chi connectivity index (χ0v) is 7.56. The van der Waals surface area contributed by atoms with Gasteiger partial charge in [0.1, 0.15) is 0 Å². The molecule has 0 spiro atoms. The van der Waals surface area contributed by atoms with Crippen molar-refractivity contribution in [2.45, 2.75) is 26.1 Å². The molecule has 0 aromatic heterocycles. The van der Waals surface area contributed by atoms with Crippen molar-refractivity contribution in [1.82, 2.24) is 0 Å². The molecule has 0 aliphatic heterocycles. The maximum atomic E-state index is 10.1. The van der Waals surface area contributed by atoms with Gasteiger partial charge in [0, 0.05) is 0 Å². The van der Waals surface area contributed by atoms with E-state index >= 15 is 0 Å². The van der Waals surface area contributed by atoms with Gasteiger partial charge in [-0.25, -0.2) is 9.68 Å². The van der Waals surface area contributed by atoms with Gasteiger partial charge in [-0.3, -0.25) is 0 Å². The van der Waals surface area contributed by atoms with Crippen LogP contribution < -0.4 is 0 Å². The standard InChI is InChI=1S/C8H14O5/c1-3-5-6-11-13-7(4-2)12-8(9)10/h4,7H,2-3,5-6H2,1H3,(H,9,10). The Kier molecular flexibility index (Phi) is 6.95. The molecule has 0 fully saturated rings. The number of carbonyl (C=O) groups is 1. The van der Waals surface area contributed by atoms with Crippen molar-refractivity contribution in [2.75, 3.05) is 6.61 Å². The van der Waals surface area contributed by atoms with Crippen LogP contribution in [0.2, 0.25) is 0 Å². The molecule has 13 heavy (non-hydrogen) atoms. The second-order valence-electron chi connectivity index (χ2n) is 2.26. The highest BCUT2D eigenvalue weighted by molar-refractivity contribution is 5.57. The minimum Gasteiger partial charge on any atom is -0.450 e. The summed E-state index contributed by atoms with van der Waals surface area (Å²) in [6.45, 7) is 5.73. The van der Waals surface area contributed by atoms with Crippen molar-refractivity contribution in [1.29, 1.82) is 0 Å². The molecule has 5 heteroatoms. The van der Waals surface area contributed by atoms with Crippen molar-refractivity contribution in [3.63, 3.8) is 0 Å². The van der Waals surface area contributed by atoms with Crippen LogP contribution in [0.1, 0.15) is 19.8 Å². The summed E-state index contributed by atoms with van der Waals surface area (Å²) in [5.41, 5.74) is 0. The predicted octanol–water partition coefficient (Wildman–Crippen LogP) is 1.94. The Bertz CT molecular complexity index is 157. The SMILES string of the molecule is C=CC(OOCCCC)OC(=O)O. The smallest absolute Gasteiger partial charge is 0.450 e. The third-order valence-corrected chi connectivity index (χ3v) is 1.15. The first-order chi connectivity index (χ1) is 6.20. The van der Waals surface area contributed by atoms with Crippen LogP contribution in [0.5, 0.6) is 0 Å². The van der Waals surface area contributed by atoms with E-state index in [1.165, 1.54) is 6.08 Å². The first-order valence-corrected chi connectivity index (χ1v) is 4.01. The Morgan fingerprint density at radius 3 is 2.85 bits per heavy atom. The Labute approximate surface area is 76.8 Å². The van der Waals surface area contributed by atoms with Crippen LogP contribution in [0.25, 0.3) is 0 Å². The predicted molar refractivity (Wildman–Crippen MR) is 45.0 cm³/mol. The molecular formula is C8H14O5. The average molecular weight is 190 g/mol. The molecule has 0 amide bonds. The molecule has 76 valence electrons. The van der Waals surface area contributed by atoms with E-state index in [-0.39, 0.29) is 0 Å². The Hall–Kier alpha value is -1.07. The summed E-state index contributed by atoms with van der Waals surface area (Å²) in [4.78, 5) is 19.3. The van der Waals surface area contributed by atoms with E-state index < -0.39 is 12.4 Å². The third-order valence-electron chi connectivity index (χ3n) is 1.15. The number of hydrogen-bond acceptors (Lipinski definition) is 4. The lowest BCUT2D eigenvalue weighted by Gasteiger charge is -2.10. The van der Waals surface area contributed by atoms with Gasteiger partial charge in [0.25, 0.3) is 6.29 Å². The van der Waals surface area contributed by atoms with E-state index in [9.17, 15) is 4.79 Å². The summed E-state index contributed by atoms with van der Waals surface area (Å²) in [6, 6.07) is 0. The van der Waals surface area contributed by atoms with Gasteiger partial charge in [-0.1, -0.05) is 19.9 Å². The fourth-order valence-corrected chi connectivity index (χ4v) is 0.525. The molecule has 0 saturated heterocycles. The number of rotatable bonds is 7. The molecule has 1 N–H and O–H groups in total. The maximum Gasteiger partial charge on any atom is 0.508 e. The molecule has 0 aliphatic rings. The number of ether oxygens (including phenoxy) is 1. The highest BCUT2D eigenvalue weighted by atomic mass is 17.2. The topological polar surface area (TPSA) is 65.0 Å². The van der Waals surface area contributed by atoms with Crippen LogP contribution >= 0.6 is 0 Å². The van der Waals surface area contributed by atoms with E-state index in [0.29, 0.717) is 6.61 Å². The molecular weight excluding hydrogens is 176 g/mol. The zero-order chi connectivity index (χ0) is 10.1. The Morgan fingerprint density at radius 2 is 2.38 bits per heavy atom. The second kappa shape index (κ2) is 7.57. The molecule has 0 saturated carbocycles. The molecule has 0 radical (unpaired) electrons. The van der Waals surface area contributed by atoms with Crippen molar-refractivity contribution >= 4 is 6.16 Å². The van der Waals surface area contributed by atoms with Gasteiger partial charge in [-0.05, 0) is 12.5 Å². The van der Waals surface area contributed by atoms with Crippen LogP contribution in [0.3, 0.4) is 0 Å². The van der Waals surface area contributed by atoms with Gasteiger partial charge < -0.3 is 9.84 Å². The molecule has 1 atom stereocenters. The van der Waals surface area contributed by atoms with Crippen LogP contribution in [0, 0.1) is 0 Å². The van der Waals surface area contributed by atoms with Gasteiger partial charge in [0.15, 0.2) is 0 Å². The van der Waals surface area contributed by atoms with E-state index in [0.717, 1.165) is 12.8 Å². The lowest BCUT2D eigenvalue weighted by atomic mass is 10.4. The quantitative estimate of drug-likeness (QED) is 0.166. The van der Waals surface area contributed by atoms with Crippen molar-refractivity contribution in [3.8, 4) is 0 Å². The molecule has 1 unspecified atom stereocenters. The maximum absolute atomic E-state index is 10.1. The minimum atomic E-state index is -1.43. The fourth-order valence-electron chi connectivity index (χ4n) is 0.525. The summed E-state index contributed by atoms with van der Waals surface area (Å²) in [5, 5.41) is 8.21. The van der Waals surface area contributed by atoms with E-state index in [4.69, 9.17) is 5.11 Å². The number of unbranched alkanes of at least 4 members (excludes halogenated alkanes) is 1. The largest absolute Gasteiger partial charge is 0.508 e. The van der Waals surface area contributed by atoms with Crippen LogP contribution in [0.15, 0.2) is 12.7 Å². The molecule has 0 heterocycles. The normalized spacial score (nSPS) is 12.1. The van der Waals surface area contributed by atoms with Gasteiger partial charge >= 0.3 is 6.16 Å². The Morgan fingerprint density at radius 1 is 1.69 bits per heavy atom. The summed E-state index contributed by atoms with van der Waals surface area (Å²) in [7, 11) is 0. The summed E-state index contributed by atoms with van der Waals surface area (Å²) in [5.74, 6) is 0. The third kappa shape index (κ3) is 7.30. The van der Waals surface area contributed by atoms with Gasteiger partial charge in [-0.2, -0.15) is 4.89 Å². The number of carboxylic acid groups (broad SMARTS) is 1. The van der Waals surface area contributed by atoms with Gasteiger partial charge in [-0.15, -0.1) is 0 Å². The van der Waals surface area contributed by atoms with Crippen LogP contribution in [-0.2, 0) is 14.5 Å². The number of hydrogen-bond donors (Lipinski definition) is 1. The van der Waals surface area contributed by atoms with E-state index in [1.54, 1.807) is 0 Å². The summed E-state index contributed by atoms with van der Waals surface area (Å²) in [6.07, 6.45) is 0.525. The highest BCUT2D eigenvalue weighted by Gasteiger charge is 2.09. The fraction of sp³-hybridized carbons (Fsp3) is 0.625. The van der Waals surface area contributed by atoms with E-state index in [1.807, 2.05) is 6.92 Å². The first kappa shape index (κ1) is 11.9. The van der Waals surface area contributed by atoms with Crippen molar-refractivity contribution in [2.24, 2.45) is 0 Å². The van der Waals surface area contributed by atoms with Gasteiger partial charge in [0.05, 0.1) is 6.61 Å². The first-order valence-electron chi connectivity index (χ1n) is 4.01. The van der Waals surface area contributed by atoms with Crippen molar-refractivity contribution < 1.29 is 24.4 Å². The van der Waals surface area contributed by atoms with Crippen LogP contribution in [0.4, 0.5) is 4.79 Å². The minimum absolute atomic E-state index is 0.407. The summed E-state index contributed by atoms with van der Waals surface area (Å²) < 4.78 is 4.23. The lowest BCUT2D eigenvalue weighted by Crippen LogP contribution is -2.18. The van der Waals surface area contributed by atoms with Gasteiger partial charge in [0.2, 0.25) is 0 Å². The monoisotopic (exact) mass is 190 g/mol. The van der Waals surface area contributed by atoms with Crippen molar-refractivity contribution in [3.05, 3.63) is 12.7 Å². The summed E-state index contributed by atoms with van der Waals surface area (Å²) >= 11 is 0. The average Bonchev–Trinajstić information content (AvgIpc) is 2.09. The lowest BCUT2D eigenvalue weighted by molar-refractivity contribution is -0.355.